The zero-order chi connectivity index (χ0) is 14.7. The van der Waals surface area contributed by atoms with Crippen molar-refractivity contribution in [3.8, 4) is 0 Å². The van der Waals surface area contributed by atoms with Gasteiger partial charge in [0.2, 0.25) is 0 Å². The minimum absolute atomic E-state index is 0.327. The molecule has 2 rings (SSSR count). The topological polar surface area (TPSA) is 57.0 Å². The van der Waals surface area contributed by atoms with Gasteiger partial charge >= 0.3 is 5.97 Å². The lowest BCUT2D eigenvalue weighted by molar-refractivity contribution is 0.0451. The lowest BCUT2D eigenvalue weighted by Crippen LogP contribution is -2.20. The maximum absolute atomic E-state index is 12.0. The SMILES string of the molecule is Cc1c(C(=O)OCC(C)C)nnn1C1CCCC(C)C1. The first-order chi connectivity index (χ1) is 9.49. The molecule has 5 heteroatoms. The summed E-state index contributed by atoms with van der Waals surface area (Å²) in [6.07, 6.45) is 4.74. The van der Waals surface area contributed by atoms with E-state index in [9.17, 15) is 4.79 Å². The van der Waals surface area contributed by atoms with Crippen molar-refractivity contribution in [3.63, 3.8) is 0 Å². The largest absolute Gasteiger partial charge is 0.461 e. The molecule has 1 aromatic heterocycles. The highest BCUT2D eigenvalue weighted by atomic mass is 16.5. The molecule has 20 heavy (non-hydrogen) atoms. The van der Waals surface area contributed by atoms with E-state index in [-0.39, 0.29) is 5.97 Å². The van der Waals surface area contributed by atoms with Crippen LogP contribution in [0.15, 0.2) is 0 Å². The number of ether oxygens (including phenoxy) is 1. The van der Waals surface area contributed by atoms with Crippen molar-refractivity contribution in [3.05, 3.63) is 11.4 Å². The molecule has 0 spiro atoms. The third kappa shape index (κ3) is 3.38. The number of nitrogens with zero attached hydrogens (tertiary/aromatic N) is 3. The van der Waals surface area contributed by atoms with Crippen molar-refractivity contribution in [2.45, 2.75) is 59.4 Å². The van der Waals surface area contributed by atoms with Crippen LogP contribution in [0.4, 0.5) is 0 Å². The van der Waals surface area contributed by atoms with Gasteiger partial charge in [0.25, 0.3) is 0 Å². The summed E-state index contributed by atoms with van der Waals surface area (Å²) >= 11 is 0. The molecule has 0 aliphatic heterocycles. The van der Waals surface area contributed by atoms with Gasteiger partial charge in [-0.05, 0) is 31.6 Å². The van der Waals surface area contributed by atoms with E-state index >= 15 is 0 Å². The number of aromatic nitrogens is 3. The lowest BCUT2D eigenvalue weighted by Gasteiger charge is -2.27. The van der Waals surface area contributed by atoms with Gasteiger partial charge in [-0.25, -0.2) is 9.48 Å². The van der Waals surface area contributed by atoms with E-state index in [2.05, 4.69) is 17.2 Å². The first-order valence-corrected chi connectivity index (χ1v) is 7.58. The Morgan fingerprint density at radius 3 is 2.85 bits per heavy atom. The van der Waals surface area contributed by atoms with Gasteiger partial charge in [-0.15, -0.1) is 5.10 Å². The van der Waals surface area contributed by atoms with E-state index in [4.69, 9.17) is 4.74 Å². The molecule has 2 unspecified atom stereocenters. The maximum Gasteiger partial charge on any atom is 0.360 e. The quantitative estimate of drug-likeness (QED) is 0.794. The van der Waals surface area contributed by atoms with Crippen molar-refractivity contribution in [1.82, 2.24) is 15.0 Å². The third-order valence-electron chi connectivity index (χ3n) is 3.92. The highest BCUT2D eigenvalue weighted by molar-refractivity contribution is 5.88. The van der Waals surface area contributed by atoms with Crippen molar-refractivity contribution < 1.29 is 9.53 Å². The standard InChI is InChI=1S/C15H25N3O2/c1-10(2)9-20-15(19)14-12(4)18(17-16-14)13-7-5-6-11(3)8-13/h10-11,13H,5-9H2,1-4H3. The lowest BCUT2D eigenvalue weighted by atomic mass is 9.87. The Balaban J connectivity index is 2.08. The fraction of sp³-hybridized carbons (Fsp3) is 0.800. The molecule has 1 aromatic rings. The van der Waals surface area contributed by atoms with Crippen LogP contribution in [0.1, 0.15) is 68.7 Å². The Morgan fingerprint density at radius 1 is 1.45 bits per heavy atom. The zero-order valence-corrected chi connectivity index (χ0v) is 12.9. The average molecular weight is 279 g/mol. The molecule has 0 aromatic carbocycles. The van der Waals surface area contributed by atoms with Crippen LogP contribution in [0.3, 0.4) is 0 Å². The predicted octanol–water partition coefficient (Wildman–Crippen LogP) is 3.15. The fourth-order valence-corrected chi connectivity index (χ4v) is 2.81. The minimum Gasteiger partial charge on any atom is -0.461 e. The molecule has 1 aliphatic carbocycles. The summed E-state index contributed by atoms with van der Waals surface area (Å²) in [5.41, 5.74) is 1.20. The van der Waals surface area contributed by atoms with Crippen molar-refractivity contribution >= 4 is 5.97 Å². The third-order valence-corrected chi connectivity index (χ3v) is 3.92. The second-order valence-corrected chi connectivity index (χ2v) is 6.39. The summed E-state index contributed by atoms with van der Waals surface area (Å²) in [4.78, 5) is 12.0. The Hall–Kier alpha value is -1.39. The van der Waals surface area contributed by atoms with Gasteiger partial charge in [0, 0.05) is 0 Å². The van der Waals surface area contributed by atoms with Gasteiger partial charge in [-0.2, -0.15) is 0 Å². The van der Waals surface area contributed by atoms with E-state index in [0.29, 0.717) is 30.2 Å². The van der Waals surface area contributed by atoms with Crippen molar-refractivity contribution in [2.24, 2.45) is 11.8 Å². The molecule has 1 aliphatic rings. The molecule has 1 fully saturated rings. The van der Waals surface area contributed by atoms with Gasteiger partial charge in [0.15, 0.2) is 5.69 Å². The molecule has 5 nitrogen and oxygen atoms in total. The Kier molecular flexibility index (Phi) is 4.78. The number of hydrogen-bond donors (Lipinski definition) is 0. The first kappa shape index (κ1) is 15.0. The van der Waals surface area contributed by atoms with E-state index < -0.39 is 0 Å². The molecule has 1 saturated carbocycles. The molecule has 1 heterocycles. The second-order valence-electron chi connectivity index (χ2n) is 6.39. The van der Waals surface area contributed by atoms with E-state index in [0.717, 1.165) is 18.5 Å². The maximum atomic E-state index is 12.0. The summed E-state index contributed by atoms with van der Waals surface area (Å²) in [5, 5.41) is 8.22. The van der Waals surface area contributed by atoms with Crippen LogP contribution in [0.5, 0.6) is 0 Å². The van der Waals surface area contributed by atoms with Crippen LogP contribution in [0.2, 0.25) is 0 Å². The summed E-state index contributed by atoms with van der Waals surface area (Å²) in [6, 6.07) is 0.373. The molecule has 2 atom stereocenters. The van der Waals surface area contributed by atoms with Gasteiger partial charge in [0.1, 0.15) is 0 Å². The molecule has 0 N–H and O–H groups in total. The normalized spacial score (nSPS) is 23.1. The Labute approximate surface area is 120 Å². The zero-order valence-electron chi connectivity index (χ0n) is 12.9. The van der Waals surface area contributed by atoms with E-state index in [1.54, 1.807) is 0 Å². The average Bonchev–Trinajstić information content (AvgIpc) is 2.78. The van der Waals surface area contributed by atoms with Gasteiger partial charge in [-0.3, -0.25) is 0 Å². The Bertz CT molecular complexity index is 468. The van der Waals surface area contributed by atoms with Gasteiger partial charge in [-0.1, -0.05) is 38.8 Å². The number of esters is 1. The summed E-state index contributed by atoms with van der Waals surface area (Å²) in [6.45, 7) is 8.63. The van der Waals surface area contributed by atoms with Crippen LogP contribution in [-0.2, 0) is 4.74 Å². The molecular weight excluding hydrogens is 254 g/mol. The van der Waals surface area contributed by atoms with Crippen LogP contribution in [0, 0.1) is 18.8 Å². The first-order valence-electron chi connectivity index (χ1n) is 7.58. The van der Waals surface area contributed by atoms with Crippen molar-refractivity contribution in [2.75, 3.05) is 6.61 Å². The number of hydrogen-bond acceptors (Lipinski definition) is 4. The van der Waals surface area contributed by atoms with Crippen LogP contribution < -0.4 is 0 Å². The smallest absolute Gasteiger partial charge is 0.360 e. The summed E-state index contributed by atoms with van der Waals surface area (Å²) in [5.74, 6) is 0.688. The number of rotatable bonds is 4. The highest BCUT2D eigenvalue weighted by Gasteiger charge is 2.26. The highest BCUT2D eigenvalue weighted by Crippen LogP contribution is 2.32. The predicted molar refractivity (Wildman–Crippen MR) is 76.5 cm³/mol. The number of carbonyl (C=O) groups excluding carboxylic acids is 1. The molecular formula is C15H25N3O2. The fourth-order valence-electron chi connectivity index (χ4n) is 2.81. The minimum atomic E-state index is -0.355. The second kappa shape index (κ2) is 6.37. The van der Waals surface area contributed by atoms with Crippen molar-refractivity contribution in [1.29, 1.82) is 0 Å². The van der Waals surface area contributed by atoms with Crippen LogP contribution >= 0.6 is 0 Å². The monoisotopic (exact) mass is 279 g/mol. The van der Waals surface area contributed by atoms with E-state index in [1.165, 1.54) is 12.8 Å². The van der Waals surface area contributed by atoms with Gasteiger partial charge < -0.3 is 4.74 Å². The summed E-state index contributed by atoms with van der Waals surface area (Å²) in [7, 11) is 0. The van der Waals surface area contributed by atoms with Crippen LogP contribution in [-0.4, -0.2) is 27.6 Å². The molecule has 0 amide bonds. The van der Waals surface area contributed by atoms with Crippen LogP contribution in [0.25, 0.3) is 0 Å². The van der Waals surface area contributed by atoms with E-state index in [1.807, 2.05) is 25.5 Å². The molecule has 0 saturated heterocycles. The van der Waals surface area contributed by atoms with Gasteiger partial charge in [0.05, 0.1) is 18.3 Å². The molecule has 0 bridgehead atoms. The molecule has 112 valence electrons. The summed E-state index contributed by atoms with van der Waals surface area (Å²) < 4.78 is 7.16. The Morgan fingerprint density at radius 2 is 2.20 bits per heavy atom. The molecule has 0 radical (unpaired) electrons. The number of carbonyl (C=O) groups is 1.